The highest BCUT2D eigenvalue weighted by molar-refractivity contribution is 6.51. The van der Waals surface area contributed by atoms with Gasteiger partial charge in [-0.3, -0.25) is 0 Å². The molecular formula is C13H14BO2. The van der Waals surface area contributed by atoms with Crippen LogP contribution < -0.4 is 0 Å². The van der Waals surface area contributed by atoms with Crippen molar-refractivity contribution in [3.05, 3.63) is 47.5 Å². The molecule has 1 saturated heterocycles. The second-order valence-electron chi connectivity index (χ2n) is 4.13. The van der Waals surface area contributed by atoms with Crippen molar-refractivity contribution >= 4 is 13.2 Å². The lowest BCUT2D eigenvalue weighted by Crippen LogP contribution is -2.06. The minimum atomic E-state index is -0.324. The Labute approximate surface area is 96.6 Å². The lowest BCUT2D eigenvalue weighted by atomic mass is 9.93. The fraction of sp³-hybridized carbons (Fsp3) is 0.308. The highest BCUT2D eigenvalue weighted by Gasteiger charge is 2.27. The summed E-state index contributed by atoms with van der Waals surface area (Å²) >= 11 is 0. The van der Waals surface area contributed by atoms with Gasteiger partial charge in [-0.15, -0.1) is 0 Å². The van der Waals surface area contributed by atoms with E-state index in [0.717, 1.165) is 11.9 Å². The molecule has 1 atom stereocenters. The van der Waals surface area contributed by atoms with E-state index in [0.29, 0.717) is 18.0 Å². The Morgan fingerprint density at radius 1 is 1.56 bits per heavy atom. The molecule has 0 spiro atoms. The number of ether oxygens (including phenoxy) is 1. The van der Waals surface area contributed by atoms with Gasteiger partial charge in [0, 0.05) is 5.57 Å². The van der Waals surface area contributed by atoms with Crippen molar-refractivity contribution in [2.45, 2.75) is 25.7 Å². The molecule has 1 aromatic carbocycles. The van der Waals surface area contributed by atoms with Crippen LogP contribution >= 0.6 is 0 Å². The summed E-state index contributed by atoms with van der Waals surface area (Å²) in [6.07, 6.45) is 1.13. The lowest BCUT2D eigenvalue weighted by molar-refractivity contribution is -0.140. The van der Waals surface area contributed by atoms with Crippen molar-refractivity contribution in [3.8, 4) is 0 Å². The van der Waals surface area contributed by atoms with Crippen LogP contribution in [0.25, 0.3) is 0 Å². The van der Waals surface area contributed by atoms with Crippen LogP contribution in [-0.2, 0) is 16.1 Å². The summed E-state index contributed by atoms with van der Waals surface area (Å²) in [4.78, 5) is 11.3. The number of benzene rings is 1. The SMILES string of the molecule is C=C(C)C(=O)OCc1ccccc1C1[B]C1. The van der Waals surface area contributed by atoms with E-state index in [4.69, 9.17) is 4.74 Å². The van der Waals surface area contributed by atoms with Crippen LogP contribution in [0.1, 0.15) is 23.9 Å². The van der Waals surface area contributed by atoms with E-state index in [1.807, 2.05) is 18.2 Å². The Hall–Kier alpha value is -1.51. The summed E-state index contributed by atoms with van der Waals surface area (Å²) in [5, 5.41) is 0. The van der Waals surface area contributed by atoms with Crippen LogP contribution in [0.2, 0.25) is 6.32 Å². The topological polar surface area (TPSA) is 26.3 Å². The van der Waals surface area contributed by atoms with Gasteiger partial charge in [-0.2, -0.15) is 0 Å². The maximum absolute atomic E-state index is 11.3. The Morgan fingerprint density at radius 2 is 2.25 bits per heavy atom. The highest BCUT2D eigenvalue weighted by atomic mass is 16.5. The van der Waals surface area contributed by atoms with Gasteiger partial charge in [0.2, 0.25) is 0 Å². The van der Waals surface area contributed by atoms with Gasteiger partial charge in [0.1, 0.15) is 13.9 Å². The van der Waals surface area contributed by atoms with E-state index in [1.165, 1.54) is 5.56 Å². The average molecular weight is 213 g/mol. The van der Waals surface area contributed by atoms with E-state index < -0.39 is 0 Å². The second-order valence-corrected chi connectivity index (χ2v) is 4.13. The normalized spacial score (nSPS) is 17.4. The van der Waals surface area contributed by atoms with Crippen LogP contribution in [0.15, 0.2) is 36.4 Å². The standard InChI is InChI=1S/C13H14BO2/c1-9(2)13(15)16-8-10-5-3-4-6-11(10)12-7-14-12/h3-6,12H,1,7-8H2,2H3. The Balaban J connectivity index is 2.03. The molecule has 0 aliphatic carbocycles. The minimum absolute atomic E-state index is 0.324. The molecule has 1 unspecified atom stereocenters. The van der Waals surface area contributed by atoms with Gasteiger partial charge in [-0.25, -0.2) is 4.79 Å². The predicted molar refractivity (Wildman–Crippen MR) is 64.4 cm³/mol. The first kappa shape index (κ1) is 11.0. The molecule has 0 aromatic heterocycles. The molecule has 2 nitrogen and oxygen atoms in total. The van der Waals surface area contributed by atoms with Crippen molar-refractivity contribution in [2.75, 3.05) is 0 Å². The monoisotopic (exact) mass is 213 g/mol. The maximum atomic E-state index is 11.3. The summed E-state index contributed by atoms with van der Waals surface area (Å²) in [6.45, 7) is 5.55. The molecule has 0 amide bonds. The fourth-order valence-electron chi connectivity index (χ4n) is 1.62. The molecule has 16 heavy (non-hydrogen) atoms. The van der Waals surface area contributed by atoms with Crippen molar-refractivity contribution in [1.82, 2.24) is 0 Å². The number of rotatable bonds is 4. The van der Waals surface area contributed by atoms with E-state index in [1.54, 1.807) is 6.92 Å². The summed E-state index contributed by atoms with van der Waals surface area (Å²) in [6, 6.07) is 8.09. The third kappa shape index (κ3) is 2.54. The van der Waals surface area contributed by atoms with Gasteiger partial charge in [0.25, 0.3) is 0 Å². The fourth-order valence-corrected chi connectivity index (χ4v) is 1.62. The van der Waals surface area contributed by atoms with Crippen molar-refractivity contribution in [1.29, 1.82) is 0 Å². The Morgan fingerprint density at radius 3 is 2.88 bits per heavy atom. The molecule has 0 saturated carbocycles. The third-order valence-corrected chi connectivity index (χ3v) is 2.63. The Bertz CT molecular complexity index is 422. The molecule has 81 valence electrons. The molecule has 1 heterocycles. The summed E-state index contributed by atoms with van der Waals surface area (Å²) in [5.41, 5.74) is 2.81. The second kappa shape index (κ2) is 4.56. The van der Waals surface area contributed by atoms with E-state index >= 15 is 0 Å². The predicted octanol–water partition coefficient (Wildman–Crippen LogP) is 2.48. The maximum Gasteiger partial charge on any atom is 0.333 e. The van der Waals surface area contributed by atoms with E-state index in [2.05, 4.69) is 19.9 Å². The molecular weight excluding hydrogens is 199 g/mol. The van der Waals surface area contributed by atoms with Crippen LogP contribution in [0.5, 0.6) is 0 Å². The zero-order chi connectivity index (χ0) is 11.5. The molecule has 1 fully saturated rings. The molecule has 1 radical (unpaired) electrons. The first-order chi connectivity index (χ1) is 7.68. The summed E-state index contributed by atoms with van der Waals surface area (Å²) in [5.74, 6) is 0.231. The summed E-state index contributed by atoms with van der Waals surface area (Å²) < 4.78 is 5.16. The van der Waals surface area contributed by atoms with Gasteiger partial charge in [0.05, 0.1) is 0 Å². The van der Waals surface area contributed by atoms with E-state index in [-0.39, 0.29) is 5.97 Å². The Kier molecular flexibility index (Phi) is 3.13. The number of carbonyl (C=O) groups is 1. The molecule has 3 heteroatoms. The van der Waals surface area contributed by atoms with Gasteiger partial charge >= 0.3 is 5.97 Å². The van der Waals surface area contributed by atoms with Crippen molar-refractivity contribution in [3.63, 3.8) is 0 Å². The van der Waals surface area contributed by atoms with Gasteiger partial charge in [-0.05, 0) is 18.1 Å². The average Bonchev–Trinajstić information content (AvgIpc) is 3.10. The number of esters is 1. The zero-order valence-corrected chi connectivity index (χ0v) is 9.40. The molecule has 0 bridgehead atoms. The van der Waals surface area contributed by atoms with Crippen LogP contribution in [0, 0.1) is 0 Å². The number of hydrogen-bond donors (Lipinski definition) is 0. The smallest absolute Gasteiger partial charge is 0.333 e. The third-order valence-electron chi connectivity index (χ3n) is 2.63. The van der Waals surface area contributed by atoms with Crippen molar-refractivity contribution in [2.24, 2.45) is 0 Å². The summed E-state index contributed by atoms with van der Waals surface area (Å²) in [7, 11) is 2.25. The molecule has 1 aliphatic heterocycles. The first-order valence-electron chi connectivity index (χ1n) is 5.42. The van der Waals surface area contributed by atoms with Crippen molar-refractivity contribution < 1.29 is 9.53 Å². The minimum Gasteiger partial charge on any atom is -0.457 e. The van der Waals surface area contributed by atoms with Crippen LogP contribution in [0.3, 0.4) is 0 Å². The van der Waals surface area contributed by atoms with Gasteiger partial charge in [0.15, 0.2) is 0 Å². The van der Waals surface area contributed by atoms with Crippen LogP contribution in [0.4, 0.5) is 0 Å². The molecule has 1 aromatic rings. The quantitative estimate of drug-likeness (QED) is 0.436. The molecule has 2 rings (SSSR count). The first-order valence-corrected chi connectivity index (χ1v) is 5.42. The molecule has 0 N–H and O–H groups in total. The van der Waals surface area contributed by atoms with Gasteiger partial charge in [-0.1, -0.05) is 43.0 Å². The van der Waals surface area contributed by atoms with Crippen LogP contribution in [-0.4, -0.2) is 13.2 Å². The largest absolute Gasteiger partial charge is 0.457 e. The van der Waals surface area contributed by atoms with Gasteiger partial charge < -0.3 is 4.74 Å². The number of carbonyl (C=O) groups excluding carboxylic acids is 1. The zero-order valence-electron chi connectivity index (χ0n) is 9.40. The van der Waals surface area contributed by atoms with E-state index in [9.17, 15) is 4.79 Å². The number of hydrogen-bond acceptors (Lipinski definition) is 2. The highest BCUT2D eigenvalue weighted by Crippen LogP contribution is 2.34. The molecule has 1 aliphatic rings. The lowest BCUT2D eigenvalue weighted by Gasteiger charge is -2.09.